The van der Waals surface area contributed by atoms with Crippen LogP contribution in [0.1, 0.15) is 33.3 Å². The maximum atomic E-state index is 5.99. The molecule has 2 nitrogen and oxygen atoms in total. The van der Waals surface area contributed by atoms with E-state index in [-0.39, 0.29) is 5.54 Å². The van der Waals surface area contributed by atoms with Gasteiger partial charge in [0.05, 0.1) is 0 Å². The quantitative estimate of drug-likeness (QED) is 0.852. The summed E-state index contributed by atoms with van der Waals surface area (Å²) in [7, 11) is 0. The first kappa shape index (κ1) is 16.0. The van der Waals surface area contributed by atoms with Crippen molar-refractivity contribution in [2.75, 3.05) is 6.54 Å². The zero-order valence-electron chi connectivity index (χ0n) is 11.5. The lowest BCUT2D eigenvalue weighted by atomic mass is 10.1. The fraction of sp³-hybridized carbons (Fsp3) is 0.571. The van der Waals surface area contributed by atoms with Gasteiger partial charge in [0.15, 0.2) is 0 Å². The Morgan fingerprint density at radius 3 is 2.61 bits per heavy atom. The van der Waals surface area contributed by atoms with Crippen LogP contribution in [0.3, 0.4) is 0 Å². The van der Waals surface area contributed by atoms with Gasteiger partial charge in [0.1, 0.15) is 0 Å². The summed E-state index contributed by atoms with van der Waals surface area (Å²) in [6.45, 7) is 10.5. The molecule has 0 aromatic heterocycles. The van der Waals surface area contributed by atoms with E-state index in [4.69, 9.17) is 11.6 Å². The normalized spacial score (nSPS) is 13.7. The van der Waals surface area contributed by atoms with Crippen molar-refractivity contribution in [2.24, 2.45) is 0 Å². The van der Waals surface area contributed by atoms with Gasteiger partial charge in [-0.3, -0.25) is 0 Å². The molecule has 2 N–H and O–H groups in total. The summed E-state index contributed by atoms with van der Waals surface area (Å²) in [6.07, 6.45) is 0. The van der Waals surface area contributed by atoms with E-state index < -0.39 is 0 Å². The minimum absolute atomic E-state index is 0.159. The van der Waals surface area contributed by atoms with Gasteiger partial charge in [-0.1, -0.05) is 27.5 Å². The Kier molecular flexibility index (Phi) is 6.12. The molecule has 18 heavy (non-hydrogen) atoms. The molecule has 102 valence electrons. The highest BCUT2D eigenvalue weighted by Gasteiger charge is 2.11. The zero-order chi connectivity index (χ0) is 13.8. The molecule has 1 aromatic carbocycles. The second-order valence-electron chi connectivity index (χ2n) is 5.65. The molecule has 0 aliphatic rings. The van der Waals surface area contributed by atoms with Crippen LogP contribution in [0, 0.1) is 0 Å². The Bertz CT molecular complexity index is 388. The van der Waals surface area contributed by atoms with Gasteiger partial charge in [0.2, 0.25) is 0 Å². The molecule has 1 rings (SSSR count). The first-order valence-corrected chi connectivity index (χ1v) is 7.37. The number of halogens is 2. The van der Waals surface area contributed by atoms with Crippen LogP contribution >= 0.6 is 27.5 Å². The van der Waals surface area contributed by atoms with E-state index in [1.54, 1.807) is 0 Å². The zero-order valence-corrected chi connectivity index (χ0v) is 13.8. The van der Waals surface area contributed by atoms with E-state index in [1.807, 2.05) is 18.2 Å². The predicted molar refractivity (Wildman–Crippen MR) is 83.2 cm³/mol. The Hall–Kier alpha value is -0.0900. The molecule has 0 heterocycles. The number of hydrogen-bond donors (Lipinski definition) is 2. The van der Waals surface area contributed by atoms with Crippen molar-refractivity contribution in [3.8, 4) is 0 Å². The summed E-state index contributed by atoms with van der Waals surface area (Å²) < 4.78 is 1.09. The van der Waals surface area contributed by atoms with Crippen molar-refractivity contribution >= 4 is 27.5 Å². The van der Waals surface area contributed by atoms with E-state index in [1.165, 1.54) is 5.56 Å². The second-order valence-corrected chi connectivity index (χ2v) is 6.94. The average Bonchev–Trinajstić information content (AvgIpc) is 2.26. The lowest BCUT2D eigenvalue weighted by Gasteiger charge is -2.24. The highest BCUT2D eigenvalue weighted by Crippen LogP contribution is 2.21. The van der Waals surface area contributed by atoms with Gasteiger partial charge < -0.3 is 10.6 Å². The van der Waals surface area contributed by atoms with Gasteiger partial charge in [-0.2, -0.15) is 0 Å². The van der Waals surface area contributed by atoms with E-state index in [0.29, 0.717) is 6.04 Å². The summed E-state index contributed by atoms with van der Waals surface area (Å²) in [4.78, 5) is 0. The van der Waals surface area contributed by atoms with Crippen LogP contribution in [0.5, 0.6) is 0 Å². The third-order valence-corrected chi connectivity index (χ3v) is 3.60. The molecule has 1 aromatic rings. The number of benzene rings is 1. The number of hydrogen-bond acceptors (Lipinski definition) is 2. The topological polar surface area (TPSA) is 24.1 Å². The molecule has 0 bridgehead atoms. The predicted octanol–water partition coefficient (Wildman–Crippen LogP) is 3.97. The van der Waals surface area contributed by atoms with Crippen LogP contribution in [0.2, 0.25) is 5.02 Å². The summed E-state index contributed by atoms with van der Waals surface area (Å²) in [5, 5.41) is 7.75. The molecule has 1 atom stereocenters. The van der Waals surface area contributed by atoms with Crippen molar-refractivity contribution in [1.29, 1.82) is 0 Å². The lowest BCUT2D eigenvalue weighted by Crippen LogP contribution is -2.44. The van der Waals surface area contributed by atoms with Crippen LogP contribution in [0.25, 0.3) is 0 Å². The van der Waals surface area contributed by atoms with Gasteiger partial charge >= 0.3 is 0 Å². The van der Waals surface area contributed by atoms with Gasteiger partial charge in [-0.25, -0.2) is 0 Å². The SMILES string of the molecule is CC(CNC(C)(C)C)NCc1cc(Cl)ccc1Br. The Morgan fingerprint density at radius 2 is 2.00 bits per heavy atom. The van der Waals surface area contributed by atoms with Gasteiger partial charge in [0.25, 0.3) is 0 Å². The Morgan fingerprint density at radius 1 is 1.33 bits per heavy atom. The standard InChI is InChI=1S/C14H22BrClN2/c1-10(8-18-14(2,3)4)17-9-11-7-12(16)5-6-13(11)15/h5-7,10,17-18H,8-9H2,1-4H3. The van der Waals surface area contributed by atoms with Crippen LogP contribution in [0.15, 0.2) is 22.7 Å². The van der Waals surface area contributed by atoms with Crippen molar-refractivity contribution in [1.82, 2.24) is 10.6 Å². The van der Waals surface area contributed by atoms with Gasteiger partial charge in [-0.05, 0) is 51.5 Å². The minimum Gasteiger partial charge on any atom is -0.311 e. The first-order valence-electron chi connectivity index (χ1n) is 6.20. The molecular weight excluding hydrogens is 312 g/mol. The fourth-order valence-corrected chi connectivity index (χ4v) is 2.08. The molecule has 0 amide bonds. The Labute approximate surface area is 124 Å². The lowest BCUT2D eigenvalue weighted by molar-refractivity contribution is 0.387. The van der Waals surface area contributed by atoms with Crippen molar-refractivity contribution in [3.05, 3.63) is 33.3 Å². The van der Waals surface area contributed by atoms with Crippen molar-refractivity contribution in [3.63, 3.8) is 0 Å². The maximum absolute atomic E-state index is 5.99. The minimum atomic E-state index is 0.159. The van der Waals surface area contributed by atoms with E-state index in [9.17, 15) is 0 Å². The number of rotatable bonds is 5. The molecule has 0 spiro atoms. The summed E-state index contributed by atoms with van der Waals surface area (Å²) >= 11 is 9.53. The molecule has 0 saturated heterocycles. The van der Waals surface area contributed by atoms with Gasteiger partial charge in [0, 0.05) is 34.2 Å². The summed E-state index contributed by atoms with van der Waals surface area (Å²) in [6, 6.07) is 6.27. The Balaban J connectivity index is 2.42. The van der Waals surface area contributed by atoms with Crippen LogP contribution in [0.4, 0.5) is 0 Å². The van der Waals surface area contributed by atoms with Crippen molar-refractivity contribution < 1.29 is 0 Å². The maximum Gasteiger partial charge on any atom is 0.0410 e. The molecule has 0 aliphatic carbocycles. The molecule has 0 saturated carbocycles. The van der Waals surface area contributed by atoms with Crippen LogP contribution in [-0.4, -0.2) is 18.1 Å². The smallest absolute Gasteiger partial charge is 0.0410 e. The molecule has 0 fully saturated rings. The highest BCUT2D eigenvalue weighted by molar-refractivity contribution is 9.10. The molecule has 1 unspecified atom stereocenters. The highest BCUT2D eigenvalue weighted by atomic mass is 79.9. The van der Waals surface area contributed by atoms with E-state index in [2.05, 4.69) is 54.3 Å². The number of nitrogens with one attached hydrogen (secondary N) is 2. The third-order valence-electron chi connectivity index (χ3n) is 2.59. The molecule has 0 radical (unpaired) electrons. The van der Waals surface area contributed by atoms with Crippen molar-refractivity contribution in [2.45, 2.75) is 45.8 Å². The average molecular weight is 334 g/mol. The van der Waals surface area contributed by atoms with Gasteiger partial charge in [-0.15, -0.1) is 0 Å². The van der Waals surface area contributed by atoms with Crippen LogP contribution < -0.4 is 10.6 Å². The molecule has 0 aliphatic heterocycles. The van der Waals surface area contributed by atoms with Crippen LogP contribution in [-0.2, 0) is 6.54 Å². The summed E-state index contributed by atoms with van der Waals surface area (Å²) in [5.41, 5.74) is 1.34. The molecule has 4 heteroatoms. The monoisotopic (exact) mass is 332 g/mol. The summed E-state index contributed by atoms with van der Waals surface area (Å²) in [5.74, 6) is 0. The van der Waals surface area contributed by atoms with E-state index >= 15 is 0 Å². The largest absolute Gasteiger partial charge is 0.311 e. The first-order chi connectivity index (χ1) is 8.28. The third kappa shape index (κ3) is 6.19. The molecular formula is C14H22BrClN2. The fourth-order valence-electron chi connectivity index (χ4n) is 1.49. The van der Waals surface area contributed by atoms with E-state index in [0.717, 1.165) is 22.6 Å². The second kappa shape index (κ2) is 6.90.